The van der Waals surface area contributed by atoms with Gasteiger partial charge in [0, 0.05) is 22.5 Å². The maximum atomic E-state index is 13.5. The second-order valence-corrected chi connectivity index (χ2v) is 9.17. The van der Waals surface area contributed by atoms with Crippen LogP contribution in [0.15, 0.2) is 82.7 Å². The lowest BCUT2D eigenvalue weighted by molar-refractivity contribution is -0.384. The Balaban J connectivity index is 1.67. The van der Waals surface area contributed by atoms with Crippen LogP contribution in [-0.2, 0) is 6.18 Å². The molecule has 0 fully saturated rings. The molecule has 2 aromatic heterocycles. The van der Waals surface area contributed by atoms with Crippen molar-refractivity contribution in [1.29, 1.82) is 0 Å². The number of nitro groups is 1. The highest BCUT2D eigenvalue weighted by Gasteiger charge is 2.31. The molecule has 208 valence electrons. The predicted molar refractivity (Wildman–Crippen MR) is 148 cm³/mol. The molecule has 12 heteroatoms. The molecule has 0 saturated carbocycles. The first-order chi connectivity index (χ1) is 19.5. The van der Waals surface area contributed by atoms with E-state index in [1.807, 2.05) is 0 Å². The normalized spacial score (nSPS) is 11.9. The largest absolute Gasteiger partial charge is 0.496 e. The zero-order valence-corrected chi connectivity index (χ0v) is 22.0. The molecule has 0 aliphatic carbocycles. The Hall–Kier alpha value is -5.26. The van der Waals surface area contributed by atoms with Crippen LogP contribution in [0, 0.1) is 24.0 Å². The Morgan fingerprint density at radius 3 is 2.49 bits per heavy atom. The summed E-state index contributed by atoms with van der Waals surface area (Å²) in [5.41, 5.74) is 0.803. The average molecular weight is 562 g/mol. The van der Waals surface area contributed by atoms with Gasteiger partial charge in [0.25, 0.3) is 11.2 Å². The van der Waals surface area contributed by atoms with Gasteiger partial charge in [0.2, 0.25) is 0 Å². The van der Waals surface area contributed by atoms with Crippen LogP contribution in [0.25, 0.3) is 28.0 Å². The molecule has 0 unspecified atom stereocenters. The minimum absolute atomic E-state index is 0.0548. The predicted octanol–water partition coefficient (Wildman–Crippen LogP) is 6.29. The molecule has 2 heterocycles. The lowest BCUT2D eigenvalue weighted by atomic mass is 10.1. The first kappa shape index (κ1) is 27.3. The van der Waals surface area contributed by atoms with Gasteiger partial charge in [-0.2, -0.15) is 22.9 Å². The van der Waals surface area contributed by atoms with Crippen molar-refractivity contribution < 1.29 is 22.8 Å². The van der Waals surface area contributed by atoms with Crippen molar-refractivity contribution in [1.82, 2.24) is 14.2 Å². The number of methoxy groups -OCH3 is 1. The van der Waals surface area contributed by atoms with Gasteiger partial charge in [-0.1, -0.05) is 24.3 Å². The van der Waals surface area contributed by atoms with Crippen molar-refractivity contribution in [3.63, 3.8) is 0 Å². The molecule has 0 radical (unpaired) electrons. The van der Waals surface area contributed by atoms with Crippen molar-refractivity contribution >= 4 is 22.8 Å². The topological polar surface area (TPSA) is 105 Å². The number of nitrogens with zero attached hydrogens (tertiary/aromatic N) is 5. The monoisotopic (exact) mass is 561 g/mol. The smallest absolute Gasteiger partial charge is 0.416 e. The van der Waals surface area contributed by atoms with Gasteiger partial charge in [-0.25, -0.2) is 4.98 Å². The summed E-state index contributed by atoms with van der Waals surface area (Å²) >= 11 is 0. The van der Waals surface area contributed by atoms with Gasteiger partial charge >= 0.3 is 6.18 Å². The van der Waals surface area contributed by atoms with Crippen LogP contribution < -0.4 is 10.3 Å². The molecule has 5 aromatic rings. The minimum atomic E-state index is -4.59. The fourth-order valence-electron chi connectivity index (χ4n) is 4.63. The third kappa shape index (κ3) is 5.07. The summed E-state index contributed by atoms with van der Waals surface area (Å²) in [6.45, 7) is 3.49. The van der Waals surface area contributed by atoms with E-state index in [1.165, 1.54) is 31.5 Å². The number of fused-ring (bicyclic) bond motifs is 1. The van der Waals surface area contributed by atoms with Crippen LogP contribution in [0.4, 0.5) is 18.9 Å². The molecule has 0 saturated heterocycles. The molecule has 0 N–H and O–H groups in total. The van der Waals surface area contributed by atoms with Gasteiger partial charge < -0.3 is 9.30 Å². The summed E-state index contributed by atoms with van der Waals surface area (Å²) in [7, 11) is 1.41. The number of aromatic nitrogens is 3. The number of aryl methyl sites for hydroxylation is 1. The molecule has 9 nitrogen and oxygen atoms in total. The Morgan fingerprint density at radius 1 is 1.02 bits per heavy atom. The van der Waals surface area contributed by atoms with Gasteiger partial charge in [0.1, 0.15) is 11.4 Å². The van der Waals surface area contributed by atoms with E-state index < -0.39 is 22.2 Å². The van der Waals surface area contributed by atoms with E-state index in [0.717, 1.165) is 16.8 Å². The first-order valence-corrected chi connectivity index (χ1v) is 12.2. The average Bonchev–Trinajstić information content (AvgIpc) is 3.23. The number of ether oxygens (including phenoxy) is 1. The zero-order chi connectivity index (χ0) is 29.5. The van der Waals surface area contributed by atoms with E-state index in [9.17, 15) is 28.1 Å². The quantitative estimate of drug-likeness (QED) is 0.138. The van der Waals surface area contributed by atoms with Crippen LogP contribution in [0.1, 0.15) is 22.5 Å². The van der Waals surface area contributed by atoms with E-state index >= 15 is 0 Å². The molecular weight excluding hydrogens is 539 g/mol. The summed E-state index contributed by atoms with van der Waals surface area (Å²) < 4.78 is 48.1. The fourth-order valence-corrected chi connectivity index (χ4v) is 4.63. The number of benzene rings is 3. The molecule has 0 aliphatic heterocycles. The van der Waals surface area contributed by atoms with Crippen molar-refractivity contribution in [2.75, 3.05) is 7.11 Å². The summed E-state index contributed by atoms with van der Waals surface area (Å²) in [6, 6.07) is 17.2. The van der Waals surface area contributed by atoms with E-state index in [2.05, 4.69) is 10.1 Å². The van der Waals surface area contributed by atoms with Crippen molar-refractivity contribution in [2.24, 2.45) is 5.10 Å². The minimum Gasteiger partial charge on any atom is -0.496 e. The molecule has 5 rings (SSSR count). The SMILES string of the molecule is COc1ccc(-n2c(C)cc(C=Nn3c(-c4cccc(C(F)(F)F)c4)nc4ccccc4c3=O)c2C)c([N+](=O)[O-])c1. The molecule has 0 aliphatic rings. The summed E-state index contributed by atoms with van der Waals surface area (Å²) in [4.78, 5) is 29.2. The van der Waals surface area contributed by atoms with Gasteiger partial charge in [-0.3, -0.25) is 14.9 Å². The van der Waals surface area contributed by atoms with Crippen LogP contribution in [-0.4, -0.2) is 32.5 Å². The van der Waals surface area contributed by atoms with Crippen molar-refractivity contribution in [3.8, 4) is 22.8 Å². The van der Waals surface area contributed by atoms with E-state index in [-0.39, 0.29) is 22.5 Å². The Kier molecular flexibility index (Phi) is 6.91. The molecule has 41 heavy (non-hydrogen) atoms. The number of rotatable bonds is 6. The molecule has 0 bridgehead atoms. The van der Waals surface area contributed by atoms with E-state index in [1.54, 1.807) is 60.9 Å². The third-order valence-corrected chi connectivity index (χ3v) is 6.60. The van der Waals surface area contributed by atoms with Crippen molar-refractivity contribution in [2.45, 2.75) is 20.0 Å². The van der Waals surface area contributed by atoms with Crippen LogP contribution in [0.5, 0.6) is 5.75 Å². The number of nitro benzene ring substituents is 1. The molecular formula is C29H22F3N5O4. The highest BCUT2D eigenvalue weighted by atomic mass is 19.4. The van der Waals surface area contributed by atoms with Gasteiger partial charge in [0.05, 0.1) is 40.8 Å². The summed E-state index contributed by atoms with van der Waals surface area (Å²) in [5.74, 6) is 0.255. The van der Waals surface area contributed by atoms with Gasteiger partial charge in [-0.15, -0.1) is 0 Å². The number of hydrogen-bond acceptors (Lipinski definition) is 6. The number of para-hydroxylation sites is 1. The number of alkyl halides is 3. The van der Waals surface area contributed by atoms with Crippen LogP contribution in [0.2, 0.25) is 0 Å². The second kappa shape index (κ2) is 10.4. The van der Waals surface area contributed by atoms with E-state index in [4.69, 9.17) is 4.74 Å². The first-order valence-electron chi connectivity index (χ1n) is 12.2. The lowest BCUT2D eigenvalue weighted by Gasteiger charge is -2.12. The summed E-state index contributed by atoms with van der Waals surface area (Å²) in [6.07, 6.45) is -3.22. The molecule has 0 spiro atoms. The maximum Gasteiger partial charge on any atom is 0.416 e. The number of hydrogen-bond donors (Lipinski definition) is 0. The fraction of sp³-hybridized carbons (Fsp3) is 0.138. The van der Waals surface area contributed by atoms with Crippen LogP contribution in [0.3, 0.4) is 0 Å². The molecule has 3 aromatic carbocycles. The maximum absolute atomic E-state index is 13.5. The highest BCUT2D eigenvalue weighted by molar-refractivity contribution is 5.84. The standard InChI is InChI=1S/C29H22F3N5O4/c1-17-13-20(18(2)35(17)25-12-11-22(41-3)15-26(25)37(39)40)16-33-36-27(19-7-6-8-21(14-19)29(30,31)32)34-24-10-5-4-9-23(24)28(36)38/h4-16H,1-3H3. The van der Waals surface area contributed by atoms with Gasteiger partial charge in [0.15, 0.2) is 5.82 Å². The second-order valence-electron chi connectivity index (χ2n) is 9.17. The Morgan fingerprint density at radius 2 is 1.78 bits per heavy atom. The molecule has 0 atom stereocenters. The Labute approximate surface area is 230 Å². The third-order valence-electron chi connectivity index (χ3n) is 6.60. The zero-order valence-electron chi connectivity index (χ0n) is 22.0. The Bertz CT molecular complexity index is 1910. The highest BCUT2D eigenvalue weighted by Crippen LogP contribution is 2.33. The lowest BCUT2D eigenvalue weighted by Crippen LogP contribution is -2.20. The van der Waals surface area contributed by atoms with E-state index in [0.29, 0.717) is 33.9 Å². The number of halogens is 3. The van der Waals surface area contributed by atoms with Crippen LogP contribution >= 0.6 is 0 Å². The van der Waals surface area contributed by atoms with Crippen molar-refractivity contribution in [3.05, 3.63) is 116 Å². The van der Waals surface area contributed by atoms with Gasteiger partial charge in [-0.05, 0) is 56.3 Å². The summed E-state index contributed by atoms with van der Waals surface area (Å²) in [5, 5.41) is 16.4. The molecule has 0 amide bonds.